The molecule has 0 spiro atoms. The number of nitro benzene ring substituents is 1. The molecule has 3 N–H and O–H groups in total. The molecule has 1 saturated heterocycles. The van der Waals surface area contributed by atoms with Crippen molar-refractivity contribution in [1.82, 2.24) is 9.78 Å². The standard InChI is InChI=1S/C12H13N3O6/c16-5-9-10(17)11(18)12(21-9)14-4-6-1-2-7(15(19)20)3-8(6)13-14/h1-4,9-12,16-18H,5H2/t9-,10+,11+,12+/m0/s1. The van der Waals surface area contributed by atoms with Crippen LogP contribution in [0.4, 0.5) is 5.69 Å². The van der Waals surface area contributed by atoms with Gasteiger partial charge in [-0.3, -0.25) is 10.1 Å². The highest BCUT2D eigenvalue weighted by molar-refractivity contribution is 5.80. The maximum Gasteiger partial charge on any atom is 0.271 e. The van der Waals surface area contributed by atoms with Gasteiger partial charge in [0.25, 0.3) is 5.69 Å². The minimum absolute atomic E-state index is 0.0890. The second-order valence-corrected chi connectivity index (χ2v) is 4.84. The van der Waals surface area contributed by atoms with Crippen LogP contribution >= 0.6 is 0 Å². The highest BCUT2D eigenvalue weighted by Gasteiger charge is 2.43. The van der Waals surface area contributed by atoms with E-state index < -0.39 is 36.1 Å². The number of fused-ring (bicyclic) bond motifs is 1. The molecule has 1 aliphatic rings. The minimum Gasteiger partial charge on any atom is -0.394 e. The monoisotopic (exact) mass is 295 g/mol. The highest BCUT2D eigenvalue weighted by Crippen LogP contribution is 2.30. The lowest BCUT2D eigenvalue weighted by atomic mass is 10.1. The first-order valence-corrected chi connectivity index (χ1v) is 6.27. The topological polar surface area (TPSA) is 131 Å². The smallest absolute Gasteiger partial charge is 0.271 e. The van der Waals surface area contributed by atoms with Crippen molar-refractivity contribution in [3.8, 4) is 0 Å². The third-order valence-corrected chi connectivity index (χ3v) is 3.50. The molecule has 1 aromatic heterocycles. The van der Waals surface area contributed by atoms with E-state index in [1.807, 2.05) is 0 Å². The molecular formula is C12H13N3O6. The first-order chi connectivity index (χ1) is 10.0. The molecule has 0 unspecified atom stereocenters. The zero-order valence-corrected chi connectivity index (χ0v) is 10.7. The Balaban J connectivity index is 1.96. The average molecular weight is 295 g/mol. The molecule has 0 saturated carbocycles. The number of ether oxygens (including phenoxy) is 1. The Kier molecular flexibility index (Phi) is 3.33. The van der Waals surface area contributed by atoms with Crippen LogP contribution in [0.3, 0.4) is 0 Å². The summed E-state index contributed by atoms with van der Waals surface area (Å²) in [6, 6.07) is 4.21. The van der Waals surface area contributed by atoms with Crippen LogP contribution in [0.5, 0.6) is 0 Å². The fraction of sp³-hybridized carbons (Fsp3) is 0.417. The SMILES string of the molecule is O=[N+]([O-])c1ccc2cn([C@@H]3O[C@@H](CO)[C@@H](O)[C@H]3O)nc2c1. The lowest BCUT2D eigenvalue weighted by molar-refractivity contribution is -0.384. The first kappa shape index (κ1) is 13.9. The van der Waals surface area contributed by atoms with Crippen molar-refractivity contribution in [2.45, 2.75) is 24.5 Å². The molecule has 0 radical (unpaired) electrons. The molecule has 1 fully saturated rings. The molecule has 21 heavy (non-hydrogen) atoms. The van der Waals surface area contributed by atoms with E-state index in [9.17, 15) is 20.3 Å². The number of aliphatic hydroxyl groups excluding tert-OH is 3. The zero-order chi connectivity index (χ0) is 15.1. The van der Waals surface area contributed by atoms with Crippen LogP contribution in [0.15, 0.2) is 24.4 Å². The number of rotatable bonds is 3. The number of non-ortho nitro benzene ring substituents is 1. The van der Waals surface area contributed by atoms with Gasteiger partial charge < -0.3 is 20.1 Å². The Labute approximate surface area is 118 Å². The molecule has 3 rings (SSSR count). The molecule has 2 heterocycles. The molecule has 2 aromatic rings. The largest absolute Gasteiger partial charge is 0.394 e. The third kappa shape index (κ3) is 2.25. The second-order valence-electron chi connectivity index (χ2n) is 4.84. The normalized spacial score (nSPS) is 29.1. The Bertz CT molecular complexity index is 687. The van der Waals surface area contributed by atoms with Crippen LogP contribution in [0.1, 0.15) is 6.23 Å². The highest BCUT2D eigenvalue weighted by atomic mass is 16.6. The van der Waals surface area contributed by atoms with Gasteiger partial charge in [-0.1, -0.05) is 0 Å². The molecule has 4 atom stereocenters. The predicted octanol–water partition coefficient (Wildman–Crippen LogP) is -0.444. The molecule has 0 amide bonds. The Morgan fingerprint density at radius 2 is 2.14 bits per heavy atom. The van der Waals surface area contributed by atoms with E-state index in [4.69, 9.17) is 9.84 Å². The number of hydrogen-bond acceptors (Lipinski definition) is 7. The van der Waals surface area contributed by atoms with Crippen molar-refractivity contribution in [3.05, 3.63) is 34.5 Å². The average Bonchev–Trinajstić information content (AvgIpc) is 3.00. The summed E-state index contributed by atoms with van der Waals surface area (Å²) in [4.78, 5) is 10.2. The van der Waals surface area contributed by atoms with Gasteiger partial charge in [0, 0.05) is 23.7 Å². The predicted molar refractivity (Wildman–Crippen MR) is 69.4 cm³/mol. The molecule has 1 aliphatic heterocycles. The van der Waals surface area contributed by atoms with Crippen LogP contribution in [0.25, 0.3) is 10.9 Å². The van der Waals surface area contributed by atoms with Gasteiger partial charge in [0.05, 0.1) is 17.0 Å². The van der Waals surface area contributed by atoms with E-state index in [0.29, 0.717) is 10.9 Å². The van der Waals surface area contributed by atoms with Crippen LogP contribution in [-0.4, -0.2) is 54.9 Å². The van der Waals surface area contributed by atoms with Crippen molar-refractivity contribution in [3.63, 3.8) is 0 Å². The number of nitrogens with zero attached hydrogens (tertiary/aromatic N) is 3. The summed E-state index contributed by atoms with van der Waals surface area (Å²) in [5, 5.41) is 44.2. The summed E-state index contributed by atoms with van der Waals surface area (Å²) in [5.74, 6) is 0. The number of benzene rings is 1. The van der Waals surface area contributed by atoms with Gasteiger partial charge in [-0.15, -0.1) is 0 Å². The van der Waals surface area contributed by atoms with Crippen LogP contribution in [0.2, 0.25) is 0 Å². The van der Waals surface area contributed by atoms with Crippen molar-refractivity contribution in [2.75, 3.05) is 6.61 Å². The van der Waals surface area contributed by atoms with Gasteiger partial charge in [-0.2, -0.15) is 5.10 Å². The fourth-order valence-corrected chi connectivity index (χ4v) is 2.37. The lowest BCUT2D eigenvalue weighted by Crippen LogP contribution is -2.33. The van der Waals surface area contributed by atoms with E-state index in [1.165, 1.54) is 22.9 Å². The maximum absolute atomic E-state index is 10.7. The van der Waals surface area contributed by atoms with E-state index >= 15 is 0 Å². The van der Waals surface area contributed by atoms with Gasteiger partial charge in [-0.05, 0) is 6.07 Å². The summed E-state index contributed by atoms with van der Waals surface area (Å²) in [5.41, 5.74) is 0.288. The Hall–Kier alpha value is -2.07. The van der Waals surface area contributed by atoms with E-state index in [-0.39, 0.29) is 5.69 Å². The Morgan fingerprint density at radius 1 is 1.38 bits per heavy atom. The van der Waals surface area contributed by atoms with Crippen LogP contribution in [-0.2, 0) is 4.74 Å². The fourth-order valence-electron chi connectivity index (χ4n) is 2.37. The minimum atomic E-state index is -1.24. The molecule has 1 aromatic carbocycles. The summed E-state index contributed by atoms with van der Waals surface area (Å²) in [6.45, 7) is -0.430. The number of aliphatic hydroxyl groups is 3. The van der Waals surface area contributed by atoms with Crippen molar-refractivity contribution >= 4 is 16.6 Å². The van der Waals surface area contributed by atoms with Gasteiger partial charge in [0.15, 0.2) is 6.23 Å². The van der Waals surface area contributed by atoms with Crippen LogP contribution in [0, 0.1) is 10.1 Å². The van der Waals surface area contributed by atoms with Crippen molar-refractivity contribution in [1.29, 1.82) is 0 Å². The third-order valence-electron chi connectivity index (χ3n) is 3.50. The van der Waals surface area contributed by atoms with Gasteiger partial charge in [-0.25, -0.2) is 4.68 Å². The molecular weight excluding hydrogens is 282 g/mol. The number of nitro groups is 1. The Morgan fingerprint density at radius 3 is 2.76 bits per heavy atom. The summed E-state index contributed by atoms with van der Waals surface area (Å²) < 4.78 is 6.63. The summed E-state index contributed by atoms with van der Waals surface area (Å²) >= 11 is 0. The van der Waals surface area contributed by atoms with Crippen molar-refractivity contribution in [2.24, 2.45) is 0 Å². The quantitative estimate of drug-likeness (QED) is 0.516. The van der Waals surface area contributed by atoms with Crippen LogP contribution < -0.4 is 0 Å². The zero-order valence-electron chi connectivity index (χ0n) is 10.7. The first-order valence-electron chi connectivity index (χ1n) is 6.27. The summed E-state index contributed by atoms with van der Waals surface area (Å²) in [6.07, 6.45) is -2.76. The van der Waals surface area contributed by atoms with Crippen molar-refractivity contribution < 1.29 is 25.0 Å². The van der Waals surface area contributed by atoms with Gasteiger partial charge >= 0.3 is 0 Å². The number of aromatic nitrogens is 2. The number of hydrogen-bond donors (Lipinski definition) is 3. The van der Waals surface area contributed by atoms with E-state index in [0.717, 1.165) is 0 Å². The van der Waals surface area contributed by atoms with Gasteiger partial charge in [0.2, 0.25) is 0 Å². The molecule has 9 nitrogen and oxygen atoms in total. The lowest BCUT2D eigenvalue weighted by Gasteiger charge is -2.14. The maximum atomic E-state index is 10.7. The van der Waals surface area contributed by atoms with Gasteiger partial charge in [0.1, 0.15) is 18.3 Å². The van der Waals surface area contributed by atoms with E-state index in [1.54, 1.807) is 6.20 Å². The molecule has 0 bridgehead atoms. The second kappa shape index (κ2) is 5.04. The summed E-state index contributed by atoms with van der Waals surface area (Å²) in [7, 11) is 0. The molecule has 9 heteroatoms. The molecule has 112 valence electrons. The molecule has 0 aliphatic carbocycles. The van der Waals surface area contributed by atoms with E-state index in [2.05, 4.69) is 5.10 Å².